The van der Waals surface area contributed by atoms with Gasteiger partial charge in [-0.2, -0.15) is 13.2 Å². The van der Waals surface area contributed by atoms with Gasteiger partial charge < -0.3 is 15.0 Å². The Hall–Kier alpha value is -3.47. The molecular formula is C22H19F3N2O3. The van der Waals surface area contributed by atoms with Gasteiger partial charge in [0.1, 0.15) is 5.75 Å². The highest BCUT2D eigenvalue weighted by Crippen LogP contribution is 2.31. The predicted octanol–water partition coefficient (Wildman–Crippen LogP) is 3.23. The lowest BCUT2D eigenvalue weighted by molar-refractivity contribution is -0.137. The Morgan fingerprint density at radius 2 is 1.90 bits per heavy atom. The molecule has 0 spiro atoms. The van der Waals surface area contributed by atoms with Gasteiger partial charge in [0.15, 0.2) is 0 Å². The molecule has 1 aliphatic rings. The van der Waals surface area contributed by atoms with Crippen molar-refractivity contribution in [2.45, 2.75) is 12.6 Å². The molecule has 0 bridgehead atoms. The molecule has 1 atom stereocenters. The minimum Gasteiger partial charge on any atom is -0.497 e. The number of carbonyl (C=O) groups excluding carboxylic acids is 2. The van der Waals surface area contributed by atoms with E-state index in [0.717, 1.165) is 6.07 Å². The number of methoxy groups -OCH3 is 1. The van der Waals surface area contributed by atoms with Gasteiger partial charge in [0, 0.05) is 24.2 Å². The number of nitrogens with zero attached hydrogens (tertiary/aromatic N) is 1. The van der Waals surface area contributed by atoms with Gasteiger partial charge in [0.2, 0.25) is 11.8 Å². The number of benzene rings is 2. The summed E-state index contributed by atoms with van der Waals surface area (Å²) in [6.07, 6.45) is -4.44. The molecule has 2 amide bonds. The van der Waals surface area contributed by atoms with Crippen LogP contribution in [-0.4, -0.2) is 32.0 Å². The van der Waals surface area contributed by atoms with E-state index in [2.05, 4.69) is 17.2 Å². The van der Waals surface area contributed by atoms with Crippen molar-refractivity contribution in [3.05, 3.63) is 59.7 Å². The van der Waals surface area contributed by atoms with Crippen LogP contribution in [-0.2, 0) is 15.8 Å². The molecule has 8 heteroatoms. The fraction of sp³-hybridized carbons (Fsp3) is 0.273. The lowest BCUT2D eigenvalue weighted by atomic mass is 10.1. The van der Waals surface area contributed by atoms with E-state index in [-0.39, 0.29) is 36.9 Å². The van der Waals surface area contributed by atoms with Crippen LogP contribution < -0.4 is 15.0 Å². The molecule has 0 saturated carbocycles. The van der Waals surface area contributed by atoms with Crippen molar-refractivity contribution < 1.29 is 27.5 Å². The third-order valence-electron chi connectivity index (χ3n) is 4.69. The van der Waals surface area contributed by atoms with Crippen LogP contribution in [0.4, 0.5) is 18.9 Å². The Morgan fingerprint density at radius 3 is 2.57 bits per heavy atom. The average molecular weight is 416 g/mol. The monoisotopic (exact) mass is 416 g/mol. The topological polar surface area (TPSA) is 58.6 Å². The molecule has 3 rings (SSSR count). The predicted molar refractivity (Wildman–Crippen MR) is 105 cm³/mol. The van der Waals surface area contributed by atoms with Crippen molar-refractivity contribution in [1.82, 2.24) is 5.32 Å². The van der Waals surface area contributed by atoms with E-state index in [4.69, 9.17) is 4.74 Å². The first-order valence-electron chi connectivity index (χ1n) is 9.17. The van der Waals surface area contributed by atoms with Crippen molar-refractivity contribution >= 4 is 17.5 Å². The fourth-order valence-corrected chi connectivity index (χ4v) is 3.15. The van der Waals surface area contributed by atoms with Crippen molar-refractivity contribution in [2.24, 2.45) is 5.92 Å². The molecule has 5 nitrogen and oxygen atoms in total. The molecule has 2 aromatic rings. The van der Waals surface area contributed by atoms with E-state index in [1.54, 1.807) is 31.4 Å². The van der Waals surface area contributed by atoms with Crippen molar-refractivity contribution in [2.75, 3.05) is 25.1 Å². The van der Waals surface area contributed by atoms with E-state index in [9.17, 15) is 22.8 Å². The summed E-state index contributed by atoms with van der Waals surface area (Å²) >= 11 is 0. The zero-order chi connectivity index (χ0) is 21.7. The zero-order valence-electron chi connectivity index (χ0n) is 16.1. The number of rotatable bonds is 4. The second-order valence-electron chi connectivity index (χ2n) is 6.67. The van der Waals surface area contributed by atoms with E-state index >= 15 is 0 Å². The maximum Gasteiger partial charge on any atom is 0.417 e. The summed E-state index contributed by atoms with van der Waals surface area (Å²) in [4.78, 5) is 26.1. The number of ether oxygens (including phenoxy) is 1. The molecule has 1 fully saturated rings. The van der Waals surface area contributed by atoms with E-state index < -0.39 is 17.7 Å². The highest BCUT2D eigenvalue weighted by molar-refractivity contribution is 6.00. The average Bonchev–Trinajstić information content (AvgIpc) is 3.12. The van der Waals surface area contributed by atoms with Gasteiger partial charge in [-0.1, -0.05) is 24.0 Å². The lowest BCUT2D eigenvalue weighted by Gasteiger charge is -2.16. The number of halogens is 3. The van der Waals surface area contributed by atoms with Crippen LogP contribution >= 0.6 is 0 Å². The number of nitrogens with one attached hydrogen (secondary N) is 1. The maximum absolute atomic E-state index is 13.0. The highest BCUT2D eigenvalue weighted by Gasteiger charge is 2.35. The van der Waals surface area contributed by atoms with Crippen LogP contribution in [0.1, 0.15) is 17.5 Å². The molecule has 30 heavy (non-hydrogen) atoms. The number of carbonyl (C=O) groups is 2. The summed E-state index contributed by atoms with van der Waals surface area (Å²) < 4.78 is 44.0. The van der Waals surface area contributed by atoms with Crippen LogP contribution in [0.25, 0.3) is 0 Å². The van der Waals surface area contributed by atoms with Crippen LogP contribution in [0.5, 0.6) is 5.75 Å². The number of hydrogen-bond donors (Lipinski definition) is 1. The minimum atomic E-state index is -4.50. The minimum absolute atomic E-state index is 0.0577. The molecule has 2 aromatic carbocycles. The van der Waals surface area contributed by atoms with Crippen molar-refractivity contribution in [1.29, 1.82) is 0 Å². The van der Waals surface area contributed by atoms with Gasteiger partial charge >= 0.3 is 6.18 Å². The van der Waals surface area contributed by atoms with E-state index in [1.165, 1.54) is 23.1 Å². The molecule has 1 heterocycles. The lowest BCUT2D eigenvalue weighted by Crippen LogP contribution is -2.33. The first kappa shape index (κ1) is 21.2. The first-order valence-corrected chi connectivity index (χ1v) is 9.17. The second kappa shape index (κ2) is 8.91. The van der Waals surface area contributed by atoms with Gasteiger partial charge in [-0.3, -0.25) is 9.59 Å². The molecule has 0 aliphatic carbocycles. The quantitative estimate of drug-likeness (QED) is 0.779. The van der Waals surface area contributed by atoms with Crippen molar-refractivity contribution in [3.8, 4) is 17.6 Å². The van der Waals surface area contributed by atoms with Gasteiger partial charge in [0.05, 0.1) is 25.1 Å². The summed E-state index contributed by atoms with van der Waals surface area (Å²) in [5.74, 6) is 4.55. The highest BCUT2D eigenvalue weighted by atomic mass is 19.4. The van der Waals surface area contributed by atoms with Crippen LogP contribution in [0.2, 0.25) is 0 Å². The normalized spacial score (nSPS) is 16.1. The van der Waals surface area contributed by atoms with Gasteiger partial charge in [-0.15, -0.1) is 0 Å². The molecule has 0 radical (unpaired) electrons. The third kappa shape index (κ3) is 4.92. The Labute approximate surface area is 171 Å². The SMILES string of the molecule is COc1ccc(N2CC(C(=O)NCC#Cc3ccccc3C(F)(F)F)CC2=O)cc1. The Balaban J connectivity index is 1.58. The maximum atomic E-state index is 13.0. The summed E-state index contributed by atoms with van der Waals surface area (Å²) in [6.45, 7) is 0.111. The summed E-state index contributed by atoms with van der Waals surface area (Å²) in [7, 11) is 1.54. The number of hydrogen-bond acceptors (Lipinski definition) is 3. The van der Waals surface area contributed by atoms with Crippen LogP contribution in [0.3, 0.4) is 0 Å². The first-order chi connectivity index (χ1) is 14.3. The molecule has 1 aliphatic heterocycles. The third-order valence-corrected chi connectivity index (χ3v) is 4.69. The molecule has 1 unspecified atom stereocenters. The van der Waals surface area contributed by atoms with Crippen LogP contribution in [0, 0.1) is 17.8 Å². The Bertz CT molecular complexity index is 991. The Kier molecular flexibility index (Phi) is 6.31. The molecule has 1 N–H and O–H groups in total. The summed E-state index contributed by atoms with van der Waals surface area (Å²) in [6, 6.07) is 11.9. The van der Waals surface area contributed by atoms with Gasteiger partial charge in [0.25, 0.3) is 0 Å². The molecule has 156 valence electrons. The second-order valence-corrected chi connectivity index (χ2v) is 6.67. The number of anilines is 1. The van der Waals surface area contributed by atoms with E-state index in [1.807, 2.05) is 0 Å². The molecule has 1 saturated heterocycles. The summed E-state index contributed by atoms with van der Waals surface area (Å²) in [5.41, 5.74) is -0.305. The standard InChI is InChI=1S/C22H19F3N2O3/c1-30-18-10-8-17(9-11-18)27-14-16(13-20(27)28)21(29)26-12-4-6-15-5-2-3-7-19(15)22(23,24)25/h2-3,5,7-11,16H,12-14H2,1H3,(H,26,29). The largest absolute Gasteiger partial charge is 0.497 e. The van der Waals surface area contributed by atoms with Gasteiger partial charge in [-0.05, 0) is 36.4 Å². The van der Waals surface area contributed by atoms with Gasteiger partial charge in [-0.25, -0.2) is 0 Å². The fourth-order valence-electron chi connectivity index (χ4n) is 3.15. The van der Waals surface area contributed by atoms with Crippen molar-refractivity contribution in [3.63, 3.8) is 0 Å². The van der Waals surface area contributed by atoms with Crippen LogP contribution in [0.15, 0.2) is 48.5 Å². The van der Waals surface area contributed by atoms with E-state index in [0.29, 0.717) is 11.4 Å². The number of amides is 2. The molecule has 0 aromatic heterocycles. The zero-order valence-corrected chi connectivity index (χ0v) is 16.1. The summed E-state index contributed by atoms with van der Waals surface area (Å²) in [5, 5.41) is 2.57. The Morgan fingerprint density at radius 1 is 1.20 bits per heavy atom. The smallest absolute Gasteiger partial charge is 0.417 e. The molecular weight excluding hydrogens is 397 g/mol. The number of alkyl halides is 3.